The van der Waals surface area contributed by atoms with E-state index in [4.69, 9.17) is 10.00 Å². The first-order chi connectivity index (χ1) is 9.01. The molecule has 0 amide bonds. The lowest BCUT2D eigenvalue weighted by molar-refractivity contribution is -0.0659. The summed E-state index contributed by atoms with van der Waals surface area (Å²) in [4.78, 5) is 3.80. The molecule has 1 N–H and O–H groups in total. The van der Waals surface area contributed by atoms with Crippen LogP contribution in [0.5, 0.6) is 0 Å². The highest BCUT2D eigenvalue weighted by Crippen LogP contribution is 2.34. The number of nitriles is 1. The van der Waals surface area contributed by atoms with Gasteiger partial charge in [-0.25, -0.2) is 18.1 Å². The van der Waals surface area contributed by atoms with Gasteiger partial charge in [0.25, 0.3) is 0 Å². The molecule has 1 aliphatic rings. The average Bonchev–Trinajstić information content (AvgIpc) is 2.38. The minimum atomic E-state index is -3.61. The van der Waals surface area contributed by atoms with Crippen molar-refractivity contribution < 1.29 is 13.2 Å². The smallest absolute Gasteiger partial charge is 0.242 e. The van der Waals surface area contributed by atoms with Gasteiger partial charge in [-0.05, 0) is 31.4 Å². The van der Waals surface area contributed by atoms with Crippen molar-refractivity contribution in [3.8, 4) is 6.07 Å². The Morgan fingerprint density at radius 2 is 2.26 bits per heavy atom. The Kier molecular flexibility index (Phi) is 3.85. The van der Waals surface area contributed by atoms with Gasteiger partial charge in [0, 0.05) is 19.9 Å². The number of nitrogens with one attached hydrogen (secondary N) is 1. The van der Waals surface area contributed by atoms with Crippen LogP contribution in [-0.4, -0.2) is 32.7 Å². The molecule has 2 rings (SSSR count). The van der Waals surface area contributed by atoms with E-state index in [1.165, 1.54) is 18.3 Å². The second-order valence-electron chi connectivity index (χ2n) is 4.56. The van der Waals surface area contributed by atoms with Crippen LogP contribution in [0.3, 0.4) is 0 Å². The van der Waals surface area contributed by atoms with Crippen molar-refractivity contribution in [3.63, 3.8) is 0 Å². The molecule has 0 bridgehead atoms. The number of aromatic nitrogens is 1. The van der Waals surface area contributed by atoms with Crippen LogP contribution in [-0.2, 0) is 14.8 Å². The molecule has 0 spiro atoms. The molecule has 0 saturated heterocycles. The van der Waals surface area contributed by atoms with E-state index in [2.05, 4.69) is 9.71 Å². The van der Waals surface area contributed by atoms with Crippen LogP contribution in [0.1, 0.15) is 25.0 Å². The maximum atomic E-state index is 12.0. The largest absolute Gasteiger partial charge is 0.377 e. The van der Waals surface area contributed by atoms with Crippen molar-refractivity contribution in [1.82, 2.24) is 9.71 Å². The lowest BCUT2D eigenvalue weighted by Crippen LogP contribution is -2.49. The zero-order chi connectivity index (χ0) is 13.9. The Morgan fingerprint density at radius 1 is 1.53 bits per heavy atom. The highest BCUT2D eigenvalue weighted by molar-refractivity contribution is 7.89. The first-order valence-corrected chi connectivity index (χ1v) is 7.41. The molecule has 1 heterocycles. The number of rotatable bonds is 5. The molecular weight excluding hydrogens is 266 g/mol. The molecule has 7 heteroatoms. The Morgan fingerprint density at radius 3 is 2.68 bits per heavy atom. The summed E-state index contributed by atoms with van der Waals surface area (Å²) in [7, 11) is -2.01. The number of nitrogens with zero attached hydrogens (tertiary/aromatic N) is 2. The van der Waals surface area contributed by atoms with E-state index in [0.29, 0.717) is 0 Å². The summed E-state index contributed by atoms with van der Waals surface area (Å²) in [5, 5.41) is 8.62. The van der Waals surface area contributed by atoms with Gasteiger partial charge in [0.2, 0.25) is 10.0 Å². The Hall–Kier alpha value is -1.49. The molecule has 0 unspecified atom stereocenters. The number of ether oxygens (including phenoxy) is 1. The molecule has 19 heavy (non-hydrogen) atoms. The van der Waals surface area contributed by atoms with Crippen molar-refractivity contribution >= 4 is 10.0 Å². The molecule has 1 fully saturated rings. The van der Waals surface area contributed by atoms with Crippen LogP contribution in [0.15, 0.2) is 23.2 Å². The van der Waals surface area contributed by atoms with Gasteiger partial charge in [-0.3, -0.25) is 0 Å². The molecule has 0 aromatic carbocycles. The van der Waals surface area contributed by atoms with Gasteiger partial charge >= 0.3 is 0 Å². The van der Waals surface area contributed by atoms with Gasteiger partial charge in [-0.1, -0.05) is 0 Å². The van der Waals surface area contributed by atoms with Crippen molar-refractivity contribution in [1.29, 1.82) is 5.26 Å². The van der Waals surface area contributed by atoms with E-state index >= 15 is 0 Å². The zero-order valence-corrected chi connectivity index (χ0v) is 11.4. The lowest BCUT2D eigenvalue weighted by atomic mass is 9.80. The number of methoxy groups -OCH3 is 1. The predicted octanol–water partition coefficient (Wildman–Crippen LogP) is 0.801. The maximum Gasteiger partial charge on any atom is 0.242 e. The molecule has 1 aromatic heterocycles. The van der Waals surface area contributed by atoms with Crippen LogP contribution in [0.4, 0.5) is 0 Å². The summed E-state index contributed by atoms with van der Waals surface area (Å²) < 4.78 is 32.0. The first-order valence-electron chi connectivity index (χ1n) is 5.92. The molecule has 0 radical (unpaired) electrons. The number of pyridine rings is 1. The fourth-order valence-electron chi connectivity index (χ4n) is 1.94. The average molecular weight is 281 g/mol. The molecular formula is C12H15N3O3S. The van der Waals surface area contributed by atoms with Crippen molar-refractivity contribution in [2.75, 3.05) is 13.7 Å². The monoisotopic (exact) mass is 281 g/mol. The highest BCUT2D eigenvalue weighted by Gasteiger charge is 2.38. The fourth-order valence-corrected chi connectivity index (χ4v) is 3.00. The Labute approximate surface area is 112 Å². The van der Waals surface area contributed by atoms with E-state index < -0.39 is 10.0 Å². The highest BCUT2D eigenvalue weighted by atomic mass is 32.2. The van der Waals surface area contributed by atoms with E-state index in [0.717, 1.165) is 19.3 Å². The van der Waals surface area contributed by atoms with Crippen molar-refractivity contribution in [2.45, 2.75) is 29.8 Å². The van der Waals surface area contributed by atoms with Gasteiger partial charge in [-0.15, -0.1) is 0 Å². The zero-order valence-electron chi connectivity index (χ0n) is 10.6. The van der Waals surface area contributed by atoms with Gasteiger partial charge in [-0.2, -0.15) is 5.26 Å². The van der Waals surface area contributed by atoms with Gasteiger partial charge in [0.05, 0.1) is 5.60 Å². The quantitative estimate of drug-likeness (QED) is 0.862. The summed E-state index contributed by atoms with van der Waals surface area (Å²) >= 11 is 0. The van der Waals surface area contributed by atoms with Crippen LogP contribution >= 0.6 is 0 Å². The normalized spacial score (nSPS) is 17.5. The van der Waals surface area contributed by atoms with E-state index in [-0.39, 0.29) is 22.7 Å². The minimum absolute atomic E-state index is 0.0528. The summed E-state index contributed by atoms with van der Waals surface area (Å²) in [6.45, 7) is 0.256. The third-order valence-electron chi connectivity index (χ3n) is 3.44. The number of sulfonamides is 1. The van der Waals surface area contributed by atoms with Crippen LogP contribution < -0.4 is 4.72 Å². The minimum Gasteiger partial charge on any atom is -0.377 e. The Bertz CT molecular complexity index is 580. The second-order valence-corrected chi connectivity index (χ2v) is 6.32. The van der Waals surface area contributed by atoms with E-state index in [9.17, 15) is 8.42 Å². The van der Waals surface area contributed by atoms with Crippen molar-refractivity contribution in [2.24, 2.45) is 0 Å². The summed E-state index contributed by atoms with van der Waals surface area (Å²) in [5.74, 6) is 0. The predicted molar refractivity (Wildman–Crippen MR) is 67.7 cm³/mol. The second kappa shape index (κ2) is 5.25. The number of hydrogen-bond acceptors (Lipinski definition) is 5. The van der Waals surface area contributed by atoms with Crippen molar-refractivity contribution in [3.05, 3.63) is 24.0 Å². The maximum absolute atomic E-state index is 12.0. The van der Waals surface area contributed by atoms with Crippen LogP contribution in [0, 0.1) is 11.3 Å². The molecule has 6 nitrogen and oxygen atoms in total. The van der Waals surface area contributed by atoms with Gasteiger partial charge in [0.1, 0.15) is 16.7 Å². The number of hydrogen-bond donors (Lipinski definition) is 1. The third kappa shape index (κ3) is 2.92. The third-order valence-corrected chi connectivity index (χ3v) is 4.83. The molecule has 1 aliphatic carbocycles. The van der Waals surface area contributed by atoms with Gasteiger partial charge in [0.15, 0.2) is 0 Å². The SMILES string of the molecule is COC1(CNS(=O)(=O)c2ccc(C#N)nc2)CCC1. The molecule has 1 saturated carbocycles. The van der Waals surface area contributed by atoms with Gasteiger partial charge < -0.3 is 4.74 Å². The van der Waals surface area contributed by atoms with E-state index in [1.807, 2.05) is 6.07 Å². The molecule has 1 aromatic rings. The molecule has 0 atom stereocenters. The molecule has 0 aliphatic heterocycles. The summed E-state index contributed by atoms with van der Waals surface area (Å²) in [6, 6.07) is 4.59. The summed E-state index contributed by atoms with van der Waals surface area (Å²) in [5.41, 5.74) is -0.182. The van der Waals surface area contributed by atoms with E-state index in [1.54, 1.807) is 7.11 Å². The summed E-state index contributed by atoms with van der Waals surface area (Å²) in [6.07, 6.45) is 3.95. The first kappa shape index (κ1) is 13.9. The van der Waals surface area contributed by atoms with Crippen LogP contribution in [0.2, 0.25) is 0 Å². The fraction of sp³-hybridized carbons (Fsp3) is 0.500. The standard InChI is InChI=1S/C12H15N3O3S/c1-18-12(5-2-6-12)9-15-19(16,17)11-4-3-10(7-13)14-8-11/h3-4,8,15H,2,5-6,9H2,1H3. The lowest BCUT2D eigenvalue weighted by Gasteiger charge is -2.40. The Balaban J connectivity index is 2.07. The molecule has 102 valence electrons. The van der Waals surface area contributed by atoms with Crippen LogP contribution in [0.25, 0.3) is 0 Å². The topological polar surface area (TPSA) is 92.1 Å².